The fraction of sp³-hybridized carbons (Fsp3) is 0.0455. The topological polar surface area (TPSA) is 72.3 Å². The molecule has 2 amide bonds. The molecule has 2 aromatic carbocycles. The van der Waals surface area contributed by atoms with Gasteiger partial charge in [0.25, 0.3) is 11.8 Å². The van der Waals surface area contributed by atoms with E-state index in [0.29, 0.717) is 28.3 Å². The molecule has 5 nitrogen and oxygen atoms in total. The van der Waals surface area contributed by atoms with E-state index in [1.54, 1.807) is 42.6 Å². The maximum atomic E-state index is 13.9. The monoisotopic (exact) mass is 406 g/mol. The van der Waals surface area contributed by atoms with Crippen LogP contribution in [0.15, 0.2) is 76.8 Å². The van der Waals surface area contributed by atoms with Gasteiger partial charge in [0.1, 0.15) is 5.82 Å². The van der Waals surface area contributed by atoms with E-state index in [1.807, 2.05) is 18.3 Å². The second-order valence-corrected chi connectivity index (χ2v) is 7.48. The number of halogens is 1. The van der Waals surface area contributed by atoms with Crippen molar-refractivity contribution in [2.75, 3.05) is 5.32 Å². The number of fused-ring (bicyclic) bond motifs is 1. The molecule has 0 saturated heterocycles. The van der Waals surface area contributed by atoms with Gasteiger partial charge in [0, 0.05) is 34.2 Å². The third-order valence-corrected chi connectivity index (χ3v) is 5.45. The van der Waals surface area contributed by atoms with E-state index < -0.39 is 0 Å². The minimum Gasteiger partial charge on any atom is -0.348 e. The van der Waals surface area contributed by atoms with Crippen molar-refractivity contribution in [3.63, 3.8) is 0 Å². The Morgan fingerprint density at radius 2 is 2.03 bits per heavy atom. The molecular formula is C22H17FN3O2S+. The minimum atomic E-state index is -0.387. The summed E-state index contributed by atoms with van der Waals surface area (Å²) in [5.74, 6) is -0.950. The van der Waals surface area contributed by atoms with Crippen LogP contribution < -0.4 is 15.6 Å². The number of aromatic amines is 1. The third kappa shape index (κ3) is 4.35. The van der Waals surface area contributed by atoms with Crippen LogP contribution in [0.25, 0.3) is 6.08 Å². The number of carbonyl (C=O) groups excluding carboxylic acids is 2. The van der Waals surface area contributed by atoms with Crippen molar-refractivity contribution in [2.24, 2.45) is 0 Å². The molecule has 1 aliphatic rings. The van der Waals surface area contributed by atoms with Crippen molar-refractivity contribution in [1.29, 1.82) is 0 Å². The third-order valence-electron chi connectivity index (χ3n) is 4.35. The van der Waals surface area contributed by atoms with E-state index in [2.05, 4.69) is 15.6 Å². The first-order valence-electron chi connectivity index (χ1n) is 8.93. The summed E-state index contributed by atoms with van der Waals surface area (Å²) in [4.78, 5) is 29.0. The first-order chi connectivity index (χ1) is 14.1. The largest absolute Gasteiger partial charge is 0.348 e. The van der Waals surface area contributed by atoms with Crippen LogP contribution in [-0.2, 0) is 11.3 Å². The summed E-state index contributed by atoms with van der Waals surface area (Å²) in [6.45, 7) is 0.393. The van der Waals surface area contributed by atoms with Crippen molar-refractivity contribution < 1.29 is 19.0 Å². The number of pyridine rings is 1. The number of benzene rings is 2. The molecule has 2 heterocycles. The summed E-state index contributed by atoms with van der Waals surface area (Å²) in [6.07, 6.45) is 5.13. The van der Waals surface area contributed by atoms with Crippen LogP contribution in [-0.4, -0.2) is 11.8 Å². The number of hydrogen-bond acceptors (Lipinski definition) is 3. The molecular weight excluding hydrogens is 389 g/mol. The number of rotatable bonds is 4. The molecule has 3 aromatic rings. The maximum absolute atomic E-state index is 13.9. The van der Waals surface area contributed by atoms with Gasteiger partial charge in [-0.05, 0) is 36.4 Å². The van der Waals surface area contributed by atoms with Crippen LogP contribution in [0.1, 0.15) is 21.5 Å². The molecule has 0 aliphatic carbocycles. The molecule has 29 heavy (non-hydrogen) atoms. The second-order valence-electron chi connectivity index (χ2n) is 6.39. The van der Waals surface area contributed by atoms with Crippen LogP contribution in [0.5, 0.6) is 0 Å². The molecule has 1 aliphatic heterocycles. The average molecular weight is 406 g/mol. The van der Waals surface area contributed by atoms with E-state index >= 15 is 0 Å². The molecule has 0 radical (unpaired) electrons. The quantitative estimate of drug-likeness (QED) is 0.650. The summed E-state index contributed by atoms with van der Waals surface area (Å²) in [5.41, 5.74) is 2.31. The standard InChI is InChI=1S/C22H16FN3O2S/c23-17-6-2-1-5-15(17)11-20-22(28)26-18-10-16(7-8-19(18)29-20)21(27)25-13-14-4-3-9-24-12-14/h1-12H,13H2,(H,25,27)(H,26,28)/p+1. The zero-order valence-electron chi connectivity index (χ0n) is 15.2. The van der Waals surface area contributed by atoms with E-state index in [0.717, 1.165) is 10.5 Å². The van der Waals surface area contributed by atoms with Gasteiger partial charge in [-0.3, -0.25) is 9.59 Å². The molecule has 0 unspecified atom stereocenters. The van der Waals surface area contributed by atoms with Gasteiger partial charge < -0.3 is 10.6 Å². The van der Waals surface area contributed by atoms with Gasteiger partial charge in [-0.1, -0.05) is 30.0 Å². The van der Waals surface area contributed by atoms with Crippen molar-refractivity contribution in [3.8, 4) is 0 Å². The minimum absolute atomic E-state index is 0.233. The number of nitrogens with one attached hydrogen (secondary N) is 3. The lowest BCUT2D eigenvalue weighted by Crippen LogP contribution is -2.24. The van der Waals surface area contributed by atoms with E-state index in [4.69, 9.17) is 0 Å². The number of aromatic nitrogens is 1. The predicted octanol–water partition coefficient (Wildman–Crippen LogP) is 3.66. The van der Waals surface area contributed by atoms with Gasteiger partial charge in [-0.25, -0.2) is 9.37 Å². The fourth-order valence-corrected chi connectivity index (χ4v) is 3.78. The first kappa shape index (κ1) is 18.9. The second kappa shape index (κ2) is 8.28. The summed E-state index contributed by atoms with van der Waals surface area (Å²) < 4.78 is 13.9. The fourth-order valence-electron chi connectivity index (χ4n) is 2.86. The highest BCUT2D eigenvalue weighted by molar-refractivity contribution is 8.04. The molecule has 3 N–H and O–H groups in total. The van der Waals surface area contributed by atoms with Crippen molar-refractivity contribution in [1.82, 2.24) is 5.32 Å². The normalized spacial score (nSPS) is 14.2. The smallest absolute Gasteiger partial charge is 0.262 e. The van der Waals surface area contributed by atoms with Gasteiger partial charge in [-0.2, -0.15) is 0 Å². The lowest BCUT2D eigenvalue weighted by molar-refractivity contribution is -0.378. The van der Waals surface area contributed by atoms with Gasteiger partial charge >= 0.3 is 0 Å². The van der Waals surface area contributed by atoms with Crippen molar-refractivity contribution in [2.45, 2.75) is 11.4 Å². The van der Waals surface area contributed by atoms with Crippen LogP contribution in [0.3, 0.4) is 0 Å². The number of carbonyl (C=O) groups is 2. The highest BCUT2D eigenvalue weighted by Crippen LogP contribution is 2.39. The molecule has 0 fully saturated rings. The number of H-pyrrole nitrogens is 1. The molecule has 0 atom stereocenters. The zero-order chi connectivity index (χ0) is 20.2. The highest BCUT2D eigenvalue weighted by Gasteiger charge is 2.22. The molecule has 0 saturated carbocycles. The summed E-state index contributed by atoms with van der Waals surface area (Å²) >= 11 is 1.25. The first-order valence-corrected chi connectivity index (χ1v) is 9.74. The van der Waals surface area contributed by atoms with Gasteiger partial charge in [0.15, 0.2) is 12.4 Å². The maximum Gasteiger partial charge on any atom is 0.262 e. The van der Waals surface area contributed by atoms with Gasteiger partial charge in [-0.15, -0.1) is 0 Å². The van der Waals surface area contributed by atoms with Crippen LogP contribution in [0.2, 0.25) is 0 Å². The molecule has 0 spiro atoms. The summed E-state index contributed by atoms with van der Waals surface area (Å²) in [7, 11) is 0. The van der Waals surface area contributed by atoms with Crippen LogP contribution in [0.4, 0.5) is 10.1 Å². The molecule has 0 bridgehead atoms. The molecule has 7 heteroatoms. The lowest BCUT2D eigenvalue weighted by Gasteiger charge is -2.19. The Morgan fingerprint density at radius 1 is 1.17 bits per heavy atom. The summed E-state index contributed by atoms with van der Waals surface area (Å²) in [5, 5.41) is 5.63. The Balaban J connectivity index is 1.50. The van der Waals surface area contributed by atoms with Gasteiger partial charge in [0.2, 0.25) is 0 Å². The predicted molar refractivity (Wildman–Crippen MR) is 109 cm³/mol. The van der Waals surface area contributed by atoms with E-state index in [-0.39, 0.29) is 17.6 Å². The number of anilines is 1. The molecule has 4 rings (SSSR count). The number of thioether (sulfide) groups is 1. The highest BCUT2D eigenvalue weighted by atomic mass is 32.2. The van der Waals surface area contributed by atoms with Crippen molar-refractivity contribution in [3.05, 3.63) is 94.4 Å². The van der Waals surface area contributed by atoms with E-state index in [9.17, 15) is 14.0 Å². The zero-order valence-corrected chi connectivity index (χ0v) is 16.1. The van der Waals surface area contributed by atoms with Crippen LogP contribution in [0, 0.1) is 5.82 Å². The van der Waals surface area contributed by atoms with Gasteiger partial charge in [0.05, 0.1) is 10.6 Å². The SMILES string of the molecule is O=C1Nc2cc(C(=O)NCc3ccc[nH+]c3)ccc2SC1=Cc1ccccc1F. The Kier molecular flexibility index (Phi) is 5.39. The lowest BCUT2D eigenvalue weighted by atomic mass is 10.1. The Labute approximate surface area is 171 Å². The Hall–Kier alpha value is -3.45. The Morgan fingerprint density at radius 3 is 2.83 bits per heavy atom. The van der Waals surface area contributed by atoms with Crippen LogP contribution >= 0.6 is 11.8 Å². The molecule has 1 aromatic heterocycles. The Bertz CT molecular complexity index is 1120. The number of amides is 2. The summed E-state index contributed by atoms with van der Waals surface area (Å²) in [6, 6.07) is 15.2. The van der Waals surface area contributed by atoms with E-state index in [1.165, 1.54) is 23.9 Å². The molecule has 144 valence electrons. The van der Waals surface area contributed by atoms with Crippen molar-refractivity contribution >= 4 is 35.3 Å². The number of hydrogen-bond donors (Lipinski definition) is 2. The average Bonchev–Trinajstić information content (AvgIpc) is 2.74.